The minimum atomic E-state index is -6.61. The maximum Gasteiger partial charge on any atom is 0.460 e. The Morgan fingerprint density at radius 2 is 1.52 bits per heavy atom. The van der Waals surface area contributed by atoms with E-state index in [1.165, 1.54) is 24.5 Å². The minimum absolute atomic E-state index is 0.0792. The smallest absolute Gasteiger partial charge is 0.303 e. The van der Waals surface area contributed by atoms with Gasteiger partial charge in [0.05, 0.1) is 0 Å². The molecule has 0 aliphatic heterocycles. The number of ketones is 1. The molecule has 0 aromatic carbocycles. The predicted molar refractivity (Wildman–Crippen MR) is 69.6 cm³/mol. The van der Waals surface area contributed by atoms with Gasteiger partial charge in [0.1, 0.15) is 0 Å². The molecular formula is C13H10F7N3O2. The molecule has 0 saturated carbocycles. The number of hydrogen-bond donors (Lipinski definition) is 2. The largest absolute Gasteiger partial charge is 0.460 e. The normalized spacial score (nSPS) is 13.4. The summed E-state index contributed by atoms with van der Waals surface area (Å²) in [4.78, 5) is 26.3. The van der Waals surface area contributed by atoms with Crippen molar-refractivity contribution >= 4 is 11.7 Å². The average molecular weight is 373 g/mol. The Bertz CT molecular complexity index is 672. The van der Waals surface area contributed by atoms with Gasteiger partial charge in [-0.05, 0) is 19.1 Å². The molecule has 0 aliphatic carbocycles. The minimum Gasteiger partial charge on any atom is -0.303 e. The highest BCUT2D eigenvalue weighted by Crippen LogP contribution is 2.47. The number of alkyl halides is 7. The molecule has 5 nitrogen and oxygen atoms in total. The van der Waals surface area contributed by atoms with Crippen molar-refractivity contribution in [3.8, 4) is 0 Å². The van der Waals surface area contributed by atoms with Crippen molar-refractivity contribution < 1.29 is 40.3 Å². The predicted octanol–water partition coefficient (Wildman–Crippen LogP) is 2.62. The van der Waals surface area contributed by atoms with E-state index in [2.05, 4.69) is 4.98 Å². The molecule has 138 valence electrons. The summed E-state index contributed by atoms with van der Waals surface area (Å²) in [5, 5.41) is 0. The molecule has 1 aromatic heterocycles. The first-order valence-electron chi connectivity index (χ1n) is 6.32. The van der Waals surface area contributed by atoms with Crippen LogP contribution in [-0.4, -0.2) is 34.7 Å². The third-order valence-electron chi connectivity index (χ3n) is 2.72. The Balaban J connectivity index is 2.81. The second-order valence-corrected chi connectivity index (χ2v) is 4.65. The maximum absolute atomic E-state index is 13.1. The fourth-order valence-electron chi connectivity index (χ4n) is 1.39. The van der Waals surface area contributed by atoms with Crippen molar-refractivity contribution in [1.29, 1.82) is 0 Å². The number of rotatable bonds is 6. The lowest BCUT2D eigenvalue weighted by atomic mass is 10.1. The van der Waals surface area contributed by atoms with E-state index in [1.807, 2.05) is 10.9 Å². The number of aromatic nitrogens is 1. The summed E-state index contributed by atoms with van der Waals surface area (Å²) < 4.78 is 87.7. The lowest BCUT2D eigenvalue weighted by molar-refractivity contribution is -0.342. The van der Waals surface area contributed by atoms with Crippen LogP contribution in [0.1, 0.15) is 17.3 Å². The number of nitrogens with zero attached hydrogens (tertiary/aromatic N) is 1. The number of pyridine rings is 1. The van der Waals surface area contributed by atoms with Gasteiger partial charge in [0.25, 0.3) is 5.91 Å². The zero-order chi connectivity index (χ0) is 19.5. The molecule has 1 rings (SSSR count). The molecule has 0 bridgehead atoms. The quantitative estimate of drug-likeness (QED) is 0.457. The Hall–Kier alpha value is -2.66. The molecule has 0 saturated heterocycles. The highest BCUT2D eigenvalue weighted by atomic mass is 19.4. The number of amides is 1. The molecule has 1 heterocycles. The number of nitrogens with one attached hydrogen (secondary N) is 2. The van der Waals surface area contributed by atoms with Gasteiger partial charge in [-0.1, -0.05) is 0 Å². The van der Waals surface area contributed by atoms with Crippen molar-refractivity contribution in [1.82, 2.24) is 15.8 Å². The molecule has 0 spiro atoms. The van der Waals surface area contributed by atoms with Gasteiger partial charge < -0.3 is 5.43 Å². The summed E-state index contributed by atoms with van der Waals surface area (Å²) in [6, 6.07) is 2.55. The Labute approximate surface area is 135 Å². The Morgan fingerprint density at radius 3 is 2.00 bits per heavy atom. The van der Waals surface area contributed by atoms with Crippen molar-refractivity contribution in [2.45, 2.75) is 24.9 Å². The second-order valence-electron chi connectivity index (χ2n) is 4.65. The first kappa shape index (κ1) is 20.4. The van der Waals surface area contributed by atoms with Crippen LogP contribution in [0.3, 0.4) is 0 Å². The van der Waals surface area contributed by atoms with Crippen molar-refractivity contribution in [3.05, 3.63) is 41.9 Å². The molecule has 0 aliphatic rings. The summed E-state index contributed by atoms with van der Waals surface area (Å²) >= 11 is 0. The van der Waals surface area contributed by atoms with Crippen LogP contribution >= 0.6 is 0 Å². The fraction of sp³-hybridized carbons (Fsp3) is 0.308. The standard InChI is InChI=1S/C13H10F7N3O2/c1-7(22-23-10(25)8-2-4-21-5-3-8)6-9(24)11(14,15)12(16,17)13(18,19)20/h2-6,22H,1H3,(H,23,25)/b7-6+. The summed E-state index contributed by atoms with van der Waals surface area (Å²) in [6.07, 6.45) is -4.26. The van der Waals surface area contributed by atoms with E-state index >= 15 is 0 Å². The summed E-state index contributed by atoms with van der Waals surface area (Å²) in [6.45, 7) is 0.895. The number of hydrazine groups is 1. The second kappa shape index (κ2) is 7.07. The Kier molecular flexibility index (Phi) is 5.76. The number of halogens is 7. The molecule has 25 heavy (non-hydrogen) atoms. The van der Waals surface area contributed by atoms with Crippen LogP contribution < -0.4 is 10.9 Å². The van der Waals surface area contributed by atoms with E-state index in [1.54, 1.807) is 0 Å². The average Bonchev–Trinajstić information content (AvgIpc) is 2.52. The zero-order valence-electron chi connectivity index (χ0n) is 12.3. The lowest BCUT2D eigenvalue weighted by Crippen LogP contribution is -2.55. The molecule has 0 atom stereocenters. The highest BCUT2D eigenvalue weighted by Gasteiger charge is 2.75. The molecule has 0 unspecified atom stereocenters. The number of carbonyl (C=O) groups excluding carboxylic acids is 2. The van der Waals surface area contributed by atoms with E-state index in [4.69, 9.17) is 0 Å². The third kappa shape index (κ3) is 4.45. The van der Waals surface area contributed by atoms with Crippen molar-refractivity contribution in [3.63, 3.8) is 0 Å². The van der Waals surface area contributed by atoms with E-state index in [-0.39, 0.29) is 11.6 Å². The Morgan fingerprint density at radius 1 is 1.00 bits per heavy atom. The summed E-state index contributed by atoms with van der Waals surface area (Å²) in [5.41, 5.74) is 3.35. The summed E-state index contributed by atoms with van der Waals surface area (Å²) in [5.74, 6) is -16.1. The van der Waals surface area contributed by atoms with Gasteiger partial charge in [-0.3, -0.25) is 20.0 Å². The van der Waals surface area contributed by atoms with E-state index in [0.29, 0.717) is 0 Å². The van der Waals surface area contributed by atoms with Crippen LogP contribution in [0, 0.1) is 0 Å². The van der Waals surface area contributed by atoms with Gasteiger partial charge in [0.2, 0.25) is 5.78 Å². The molecule has 0 radical (unpaired) electrons. The van der Waals surface area contributed by atoms with Crippen molar-refractivity contribution in [2.75, 3.05) is 0 Å². The fourth-order valence-corrected chi connectivity index (χ4v) is 1.39. The third-order valence-corrected chi connectivity index (χ3v) is 2.72. The van der Waals surface area contributed by atoms with Gasteiger partial charge in [0, 0.05) is 29.7 Å². The molecule has 1 amide bonds. The van der Waals surface area contributed by atoms with Crippen LogP contribution in [0.2, 0.25) is 0 Å². The van der Waals surface area contributed by atoms with Gasteiger partial charge in [0.15, 0.2) is 0 Å². The molecule has 1 aromatic rings. The van der Waals surface area contributed by atoms with Crippen molar-refractivity contribution in [2.24, 2.45) is 0 Å². The molecule has 2 N–H and O–H groups in total. The molecule has 0 fully saturated rings. The first-order valence-corrected chi connectivity index (χ1v) is 6.32. The van der Waals surface area contributed by atoms with Gasteiger partial charge in [-0.15, -0.1) is 0 Å². The summed E-state index contributed by atoms with van der Waals surface area (Å²) in [7, 11) is 0. The SMILES string of the molecule is C/C(=C\C(=O)C(F)(F)C(F)(F)C(F)(F)F)NNC(=O)c1ccncc1. The van der Waals surface area contributed by atoms with Gasteiger partial charge >= 0.3 is 18.0 Å². The maximum atomic E-state index is 13.1. The van der Waals surface area contributed by atoms with Crippen LogP contribution in [0.25, 0.3) is 0 Å². The van der Waals surface area contributed by atoms with E-state index < -0.39 is 35.4 Å². The monoisotopic (exact) mass is 373 g/mol. The zero-order valence-corrected chi connectivity index (χ0v) is 12.3. The molecular weight excluding hydrogens is 363 g/mol. The topological polar surface area (TPSA) is 71.1 Å². The van der Waals surface area contributed by atoms with Crippen LogP contribution in [0.5, 0.6) is 0 Å². The lowest BCUT2D eigenvalue weighted by Gasteiger charge is -2.26. The van der Waals surface area contributed by atoms with E-state index in [0.717, 1.165) is 6.92 Å². The van der Waals surface area contributed by atoms with Crippen LogP contribution in [0.15, 0.2) is 36.3 Å². The van der Waals surface area contributed by atoms with Crippen LogP contribution in [0.4, 0.5) is 30.7 Å². The number of allylic oxidation sites excluding steroid dienone is 2. The van der Waals surface area contributed by atoms with Gasteiger partial charge in [-0.2, -0.15) is 30.7 Å². The molecule has 12 heteroatoms. The number of carbonyl (C=O) groups is 2. The van der Waals surface area contributed by atoms with Crippen LogP contribution in [-0.2, 0) is 4.79 Å². The van der Waals surface area contributed by atoms with E-state index in [9.17, 15) is 40.3 Å². The first-order chi connectivity index (χ1) is 11.3. The highest BCUT2D eigenvalue weighted by molar-refractivity contribution is 5.97. The van der Waals surface area contributed by atoms with Gasteiger partial charge in [-0.25, -0.2) is 0 Å². The number of hydrogen-bond acceptors (Lipinski definition) is 4.